The number of hydrogen-bond acceptors (Lipinski definition) is 2. The van der Waals surface area contributed by atoms with Crippen molar-refractivity contribution in [3.8, 4) is 0 Å². The first-order valence-corrected chi connectivity index (χ1v) is 8.79. The number of unbranched alkanes of at least 4 members (excludes halogenated alkanes) is 1. The molecule has 2 unspecified atom stereocenters. The third-order valence-corrected chi connectivity index (χ3v) is 4.34. The van der Waals surface area contributed by atoms with Gasteiger partial charge in [-0.2, -0.15) is 0 Å². The van der Waals surface area contributed by atoms with Crippen molar-refractivity contribution >= 4 is 11.8 Å². The molecule has 0 saturated carbocycles. The highest BCUT2D eigenvalue weighted by molar-refractivity contribution is 5.77. The molecular formula is C18H36N2O2. The Morgan fingerprint density at radius 2 is 1.23 bits per heavy atom. The molecule has 0 aliphatic carbocycles. The van der Waals surface area contributed by atoms with Crippen molar-refractivity contribution in [3.05, 3.63) is 0 Å². The summed E-state index contributed by atoms with van der Waals surface area (Å²) in [7, 11) is 3.54. The molecule has 2 amide bonds. The summed E-state index contributed by atoms with van der Waals surface area (Å²) in [5.41, 5.74) is 0. The highest BCUT2D eigenvalue weighted by Crippen LogP contribution is 2.13. The fourth-order valence-electron chi connectivity index (χ4n) is 2.22. The van der Waals surface area contributed by atoms with Gasteiger partial charge in [0.05, 0.1) is 0 Å². The Balaban J connectivity index is 4.28. The van der Waals surface area contributed by atoms with Crippen LogP contribution >= 0.6 is 0 Å². The van der Waals surface area contributed by atoms with Gasteiger partial charge in [-0.05, 0) is 24.7 Å². The van der Waals surface area contributed by atoms with Crippen LogP contribution in [0.1, 0.15) is 66.2 Å². The molecule has 0 bridgehead atoms. The van der Waals surface area contributed by atoms with E-state index >= 15 is 0 Å². The van der Waals surface area contributed by atoms with E-state index in [0.717, 1.165) is 38.8 Å². The van der Waals surface area contributed by atoms with Gasteiger partial charge in [-0.3, -0.25) is 9.59 Å². The Kier molecular flexibility index (Phi) is 10.9. The van der Waals surface area contributed by atoms with Gasteiger partial charge in [0.2, 0.25) is 11.8 Å². The third-order valence-electron chi connectivity index (χ3n) is 4.34. The van der Waals surface area contributed by atoms with Crippen molar-refractivity contribution in [1.29, 1.82) is 0 Å². The molecule has 22 heavy (non-hydrogen) atoms. The van der Waals surface area contributed by atoms with Crippen molar-refractivity contribution < 1.29 is 9.59 Å². The maximum absolute atomic E-state index is 12.5. The van der Waals surface area contributed by atoms with Gasteiger partial charge >= 0.3 is 0 Å². The summed E-state index contributed by atoms with van der Waals surface area (Å²) in [5, 5.41) is 0. The monoisotopic (exact) mass is 312 g/mol. The third kappa shape index (κ3) is 9.06. The minimum atomic E-state index is 0.142. The largest absolute Gasteiger partial charge is 0.349 e. The summed E-state index contributed by atoms with van der Waals surface area (Å²) in [6, 6.07) is 0. The number of hydrogen-bond donors (Lipinski definition) is 0. The number of carbonyl (C=O) groups excluding carboxylic acids is 2. The number of rotatable bonds is 11. The molecule has 0 aromatic heterocycles. The predicted molar refractivity (Wildman–Crippen MR) is 92.7 cm³/mol. The molecule has 0 aromatic rings. The van der Waals surface area contributed by atoms with E-state index in [0.29, 0.717) is 24.7 Å². The molecule has 0 fully saturated rings. The fourth-order valence-corrected chi connectivity index (χ4v) is 2.22. The van der Waals surface area contributed by atoms with Crippen LogP contribution in [0, 0.1) is 11.8 Å². The second kappa shape index (κ2) is 11.5. The van der Waals surface area contributed by atoms with Crippen LogP contribution in [0.4, 0.5) is 0 Å². The molecule has 2 atom stereocenters. The molecule has 0 saturated heterocycles. The molecule has 0 N–H and O–H groups in total. The predicted octanol–water partition coefficient (Wildman–Crippen LogP) is 3.56. The first-order chi connectivity index (χ1) is 10.3. The van der Waals surface area contributed by atoms with Crippen LogP contribution in [0.5, 0.6) is 0 Å². The zero-order chi connectivity index (χ0) is 17.1. The Morgan fingerprint density at radius 3 is 1.59 bits per heavy atom. The molecule has 4 heteroatoms. The lowest BCUT2D eigenvalue weighted by Gasteiger charge is -2.28. The lowest BCUT2D eigenvalue weighted by atomic mass is 10.0. The summed E-state index contributed by atoms with van der Waals surface area (Å²) >= 11 is 0. The molecule has 0 radical (unpaired) electrons. The summed E-state index contributed by atoms with van der Waals surface area (Å²) in [6.45, 7) is 10.5. The Morgan fingerprint density at radius 1 is 0.818 bits per heavy atom. The minimum absolute atomic E-state index is 0.142. The maximum atomic E-state index is 12.5. The fraction of sp³-hybridized carbons (Fsp3) is 0.889. The van der Waals surface area contributed by atoms with Gasteiger partial charge in [0.1, 0.15) is 0 Å². The number of amides is 2. The zero-order valence-electron chi connectivity index (χ0n) is 15.5. The van der Waals surface area contributed by atoms with Gasteiger partial charge in [0, 0.05) is 40.0 Å². The summed E-state index contributed by atoms with van der Waals surface area (Å²) in [6.07, 6.45) is 4.90. The standard InChI is InChI=1S/C18H36N2O2/c1-7-15(3)13-20(14-16(4)8-2)18(22)12-10-9-11-17(21)19(5)6/h15-16H,7-14H2,1-6H3. The molecule has 0 aliphatic heterocycles. The molecule has 4 nitrogen and oxygen atoms in total. The van der Waals surface area contributed by atoms with Gasteiger partial charge in [0.15, 0.2) is 0 Å². The second-order valence-electron chi connectivity index (χ2n) is 6.82. The Labute approximate surface area is 137 Å². The normalized spacial score (nSPS) is 13.5. The molecular weight excluding hydrogens is 276 g/mol. The van der Waals surface area contributed by atoms with Crippen LogP contribution in [-0.4, -0.2) is 48.8 Å². The molecule has 130 valence electrons. The van der Waals surface area contributed by atoms with Crippen LogP contribution in [0.3, 0.4) is 0 Å². The van der Waals surface area contributed by atoms with Gasteiger partial charge in [-0.15, -0.1) is 0 Å². The van der Waals surface area contributed by atoms with Crippen molar-refractivity contribution in [2.24, 2.45) is 11.8 Å². The van der Waals surface area contributed by atoms with Crippen LogP contribution in [0.25, 0.3) is 0 Å². The van der Waals surface area contributed by atoms with Gasteiger partial charge in [-0.25, -0.2) is 0 Å². The topological polar surface area (TPSA) is 40.6 Å². The van der Waals surface area contributed by atoms with Crippen molar-refractivity contribution in [1.82, 2.24) is 9.80 Å². The van der Waals surface area contributed by atoms with E-state index in [1.54, 1.807) is 19.0 Å². The van der Waals surface area contributed by atoms with Crippen LogP contribution < -0.4 is 0 Å². The molecule has 0 aliphatic rings. The van der Waals surface area contributed by atoms with E-state index in [4.69, 9.17) is 0 Å². The first-order valence-electron chi connectivity index (χ1n) is 8.79. The number of carbonyl (C=O) groups is 2. The van der Waals surface area contributed by atoms with E-state index in [1.807, 2.05) is 4.90 Å². The molecule has 0 heterocycles. The Hall–Kier alpha value is -1.06. The van der Waals surface area contributed by atoms with Crippen molar-refractivity contribution in [2.45, 2.75) is 66.2 Å². The van der Waals surface area contributed by atoms with Crippen molar-refractivity contribution in [2.75, 3.05) is 27.2 Å². The van der Waals surface area contributed by atoms with E-state index < -0.39 is 0 Å². The SMILES string of the molecule is CCC(C)CN(CC(C)CC)C(=O)CCCCC(=O)N(C)C. The van der Waals surface area contributed by atoms with E-state index in [9.17, 15) is 9.59 Å². The van der Waals surface area contributed by atoms with E-state index in [2.05, 4.69) is 27.7 Å². The minimum Gasteiger partial charge on any atom is -0.349 e. The highest BCUT2D eigenvalue weighted by Gasteiger charge is 2.17. The van der Waals surface area contributed by atoms with Gasteiger partial charge in [-0.1, -0.05) is 40.5 Å². The lowest BCUT2D eigenvalue weighted by molar-refractivity contribution is -0.133. The molecule has 0 aromatic carbocycles. The van der Waals surface area contributed by atoms with Gasteiger partial charge < -0.3 is 9.80 Å². The van der Waals surface area contributed by atoms with Gasteiger partial charge in [0.25, 0.3) is 0 Å². The summed E-state index contributed by atoms with van der Waals surface area (Å²) in [5.74, 6) is 1.48. The number of nitrogens with zero attached hydrogens (tertiary/aromatic N) is 2. The summed E-state index contributed by atoms with van der Waals surface area (Å²) in [4.78, 5) is 27.6. The quantitative estimate of drug-likeness (QED) is 0.547. The molecule has 0 rings (SSSR count). The summed E-state index contributed by atoms with van der Waals surface area (Å²) < 4.78 is 0. The zero-order valence-corrected chi connectivity index (χ0v) is 15.5. The average Bonchev–Trinajstić information content (AvgIpc) is 2.49. The lowest BCUT2D eigenvalue weighted by Crippen LogP contribution is -2.37. The first kappa shape index (κ1) is 20.9. The second-order valence-corrected chi connectivity index (χ2v) is 6.82. The highest BCUT2D eigenvalue weighted by atomic mass is 16.2. The van der Waals surface area contributed by atoms with Crippen LogP contribution in [0.2, 0.25) is 0 Å². The molecule has 0 spiro atoms. The smallest absolute Gasteiger partial charge is 0.222 e. The van der Waals surface area contributed by atoms with E-state index in [-0.39, 0.29) is 11.8 Å². The van der Waals surface area contributed by atoms with Crippen LogP contribution in [-0.2, 0) is 9.59 Å². The Bertz CT molecular complexity index is 317. The van der Waals surface area contributed by atoms with E-state index in [1.165, 1.54) is 0 Å². The van der Waals surface area contributed by atoms with Crippen molar-refractivity contribution in [3.63, 3.8) is 0 Å². The maximum Gasteiger partial charge on any atom is 0.222 e. The average molecular weight is 312 g/mol. The van der Waals surface area contributed by atoms with Crippen LogP contribution in [0.15, 0.2) is 0 Å².